The molecule has 0 aromatic heterocycles. The number of ether oxygens (including phenoxy) is 1. The molecule has 0 spiro atoms. The second-order valence-corrected chi connectivity index (χ2v) is 5.99. The van der Waals surface area contributed by atoms with Crippen molar-refractivity contribution >= 4 is 15.9 Å². The summed E-state index contributed by atoms with van der Waals surface area (Å²) in [5, 5.41) is 0. The van der Waals surface area contributed by atoms with Gasteiger partial charge in [0.2, 0.25) is 0 Å². The van der Waals surface area contributed by atoms with Crippen molar-refractivity contribution in [3.05, 3.63) is 35.4 Å². The van der Waals surface area contributed by atoms with E-state index in [1.807, 2.05) is 0 Å². The molecule has 2 heteroatoms. The van der Waals surface area contributed by atoms with Crippen molar-refractivity contribution in [2.45, 2.75) is 37.4 Å². The van der Waals surface area contributed by atoms with Crippen LogP contribution >= 0.6 is 15.9 Å². The smallest absolute Gasteiger partial charge is 0.0509 e. The largest absolute Gasteiger partial charge is 0.381 e. The van der Waals surface area contributed by atoms with Crippen LogP contribution in [0.3, 0.4) is 0 Å². The minimum absolute atomic E-state index is 0.441. The standard InChI is InChI=1S/C15H21BrO/c1-3-11(2)12-4-6-13(7-5-12)15(16)14-8-9-17-10-14/h4-7,11,14-15H,3,8-10H2,1-2H3. The molecule has 0 bridgehead atoms. The fraction of sp³-hybridized carbons (Fsp3) is 0.600. The van der Waals surface area contributed by atoms with E-state index in [1.54, 1.807) is 0 Å². The van der Waals surface area contributed by atoms with Crippen LogP contribution in [-0.4, -0.2) is 13.2 Å². The maximum absolute atomic E-state index is 5.45. The molecule has 0 saturated carbocycles. The van der Waals surface area contributed by atoms with Crippen LogP contribution in [-0.2, 0) is 4.74 Å². The first-order valence-electron chi connectivity index (χ1n) is 6.54. The third-order valence-corrected chi connectivity index (χ3v) is 5.09. The predicted octanol–water partition coefficient (Wildman–Crippen LogP) is 4.67. The molecule has 1 aromatic rings. The van der Waals surface area contributed by atoms with Gasteiger partial charge in [-0.25, -0.2) is 0 Å². The highest BCUT2D eigenvalue weighted by molar-refractivity contribution is 9.09. The summed E-state index contributed by atoms with van der Waals surface area (Å²) in [7, 11) is 0. The minimum Gasteiger partial charge on any atom is -0.381 e. The van der Waals surface area contributed by atoms with Gasteiger partial charge in [0.05, 0.1) is 6.61 Å². The molecule has 1 nitrogen and oxygen atoms in total. The van der Waals surface area contributed by atoms with Crippen molar-refractivity contribution in [3.63, 3.8) is 0 Å². The molecule has 3 atom stereocenters. The lowest BCUT2D eigenvalue weighted by Crippen LogP contribution is -2.07. The van der Waals surface area contributed by atoms with Gasteiger partial charge in [-0.2, -0.15) is 0 Å². The fourth-order valence-electron chi connectivity index (χ4n) is 2.30. The van der Waals surface area contributed by atoms with E-state index in [4.69, 9.17) is 4.74 Å². The molecular weight excluding hydrogens is 276 g/mol. The summed E-state index contributed by atoms with van der Waals surface area (Å²) >= 11 is 3.81. The van der Waals surface area contributed by atoms with E-state index in [9.17, 15) is 0 Å². The van der Waals surface area contributed by atoms with Gasteiger partial charge in [-0.15, -0.1) is 0 Å². The van der Waals surface area contributed by atoms with Gasteiger partial charge in [0, 0.05) is 17.4 Å². The van der Waals surface area contributed by atoms with Crippen LogP contribution in [0, 0.1) is 5.92 Å². The molecular formula is C15H21BrO. The van der Waals surface area contributed by atoms with Crippen molar-refractivity contribution in [1.29, 1.82) is 0 Å². The zero-order chi connectivity index (χ0) is 12.3. The summed E-state index contributed by atoms with van der Waals surface area (Å²) in [6.45, 7) is 6.33. The molecule has 17 heavy (non-hydrogen) atoms. The summed E-state index contributed by atoms with van der Waals surface area (Å²) in [6.07, 6.45) is 2.37. The number of hydrogen-bond donors (Lipinski definition) is 0. The van der Waals surface area contributed by atoms with Gasteiger partial charge in [0.25, 0.3) is 0 Å². The zero-order valence-corrected chi connectivity index (χ0v) is 12.2. The first-order chi connectivity index (χ1) is 8.22. The Labute approximate surface area is 113 Å². The number of rotatable bonds is 4. The summed E-state index contributed by atoms with van der Waals surface area (Å²) in [6, 6.07) is 9.07. The highest BCUT2D eigenvalue weighted by Gasteiger charge is 2.24. The first-order valence-corrected chi connectivity index (χ1v) is 7.45. The molecule has 1 saturated heterocycles. The van der Waals surface area contributed by atoms with Crippen LogP contribution in [0.4, 0.5) is 0 Å². The van der Waals surface area contributed by atoms with Gasteiger partial charge in [0.15, 0.2) is 0 Å². The monoisotopic (exact) mass is 296 g/mol. The van der Waals surface area contributed by atoms with Crippen LogP contribution in [0.25, 0.3) is 0 Å². The molecule has 1 aliphatic heterocycles. The predicted molar refractivity (Wildman–Crippen MR) is 75.7 cm³/mol. The Balaban J connectivity index is 2.06. The van der Waals surface area contributed by atoms with Gasteiger partial charge in [-0.1, -0.05) is 54.0 Å². The SMILES string of the molecule is CCC(C)c1ccc(C(Br)C2CCOC2)cc1. The van der Waals surface area contributed by atoms with Crippen molar-refractivity contribution in [1.82, 2.24) is 0 Å². The Morgan fingerprint density at radius 3 is 2.47 bits per heavy atom. The van der Waals surface area contributed by atoms with Crippen molar-refractivity contribution in [2.24, 2.45) is 5.92 Å². The summed E-state index contributed by atoms with van der Waals surface area (Å²) in [5.74, 6) is 1.29. The molecule has 1 aromatic carbocycles. The van der Waals surface area contributed by atoms with E-state index in [2.05, 4.69) is 54.0 Å². The Kier molecular flexibility index (Phi) is 4.63. The molecule has 0 aliphatic carbocycles. The quantitative estimate of drug-likeness (QED) is 0.734. The van der Waals surface area contributed by atoms with Gasteiger partial charge in [-0.3, -0.25) is 0 Å². The van der Waals surface area contributed by atoms with Gasteiger partial charge < -0.3 is 4.74 Å². The average molecular weight is 297 g/mol. The number of halogens is 1. The average Bonchev–Trinajstić information content (AvgIpc) is 2.91. The fourth-order valence-corrected chi connectivity index (χ4v) is 3.02. The normalized spacial score (nSPS) is 23.6. The molecule has 0 amide bonds. The molecule has 1 aliphatic rings. The molecule has 3 unspecified atom stereocenters. The highest BCUT2D eigenvalue weighted by Crippen LogP contribution is 2.36. The van der Waals surface area contributed by atoms with E-state index < -0.39 is 0 Å². The van der Waals surface area contributed by atoms with Gasteiger partial charge >= 0.3 is 0 Å². The van der Waals surface area contributed by atoms with Gasteiger partial charge in [0.1, 0.15) is 0 Å². The van der Waals surface area contributed by atoms with Crippen molar-refractivity contribution in [3.8, 4) is 0 Å². The van der Waals surface area contributed by atoms with Crippen LogP contribution < -0.4 is 0 Å². The lowest BCUT2D eigenvalue weighted by molar-refractivity contribution is 0.185. The molecule has 0 N–H and O–H groups in total. The van der Waals surface area contributed by atoms with E-state index in [0.717, 1.165) is 13.2 Å². The lowest BCUT2D eigenvalue weighted by Gasteiger charge is -2.17. The van der Waals surface area contributed by atoms with Crippen molar-refractivity contribution in [2.75, 3.05) is 13.2 Å². The third kappa shape index (κ3) is 3.11. The number of hydrogen-bond acceptors (Lipinski definition) is 1. The summed E-state index contributed by atoms with van der Waals surface area (Å²) in [4.78, 5) is 0.441. The van der Waals surface area contributed by atoms with E-state index in [1.165, 1.54) is 24.0 Å². The molecule has 94 valence electrons. The first kappa shape index (κ1) is 13.1. The van der Waals surface area contributed by atoms with E-state index in [0.29, 0.717) is 16.7 Å². The Morgan fingerprint density at radius 1 is 1.29 bits per heavy atom. The van der Waals surface area contributed by atoms with Gasteiger partial charge in [-0.05, 0) is 29.9 Å². The maximum Gasteiger partial charge on any atom is 0.0509 e. The molecule has 1 heterocycles. The van der Waals surface area contributed by atoms with E-state index in [-0.39, 0.29) is 0 Å². The second kappa shape index (κ2) is 6.01. The summed E-state index contributed by atoms with van der Waals surface area (Å²) < 4.78 is 5.45. The molecule has 1 fully saturated rings. The molecule has 2 rings (SSSR count). The number of benzene rings is 1. The van der Waals surface area contributed by atoms with Crippen LogP contribution in [0.2, 0.25) is 0 Å². The van der Waals surface area contributed by atoms with Crippen LogP contribution in [0.5, 0.6) is 0 Å². The van der Waals surface area contributed by atoms with Crippen LogP contribution in [0.1, 0.15) is 48.6 Å². The highest BCUT2D eigenvalue weighted by atomic mass is 79.9. The van der Waals surface area contributed by atoms with E-state index >= 15 is 0 Å². The Hall–Kier alpha value is -0.340. The minimum atomic E-state index is 0.441. The summed E-state index contributed by atoms with van der Waals surface area (Å²) in [5.41, 5.74) is 2.83. The van der Waals surface area contributed by atoms with Crippen LogP contribution in [0.15, 0.2) is 24.3 Å². The number of alkyl halides is 1. The Bertz CT molecular complexity index is 340. The zero-order valence-electron chi connectivity index (χ0n) is 10.7. The van der Waals surface area contributed by atoms with Crippen molar-refractivity contribution < 1.29 is 4.74 Å². The third-order valence-electron chi connectivity index (χ3n) is 3.82. The lowest BCUT2D eigenvalue weighted by atomic mass is 9.94. The Morgan fingerprint density at radius 2 is 1.94 bits per heavy atom. The topological polar surface area (TPSA) is 9.23 Å². The maximum atomic E-state index is 5.45. The molecule has 0 radical (unpaired) electrons. The second-order valence-electron chi connectivity index (χ2n) is 5.00.